The van der Waals surface area contributed by atoms with Gasteiger partial charge in [0.25, 0.3) is 5.91 Å². The molecule has 0 unspecified atom stereocenters. The number of likely N-dealkylation sites (N-methyl/N-ethyl adjacent to an activating group) is 1. The van der Waals surface area contributed by atoms with Gasteiger partial charge in [0, 0.05) is 13.1 Å². The molecule has 0 bridgehead atoms. The zero-order chi connectivity index (χ0) is 14.4. The number of benzene rings is 1. The third-order valence-corrected chi connectivity index (χ3v) is 2.81. The average Bonchev–Trinajstić information content (AvgIpc) is 2.37. The van der Waals surface area contributed by atoms with Crippen LogP contribution in [0.25, 0.3) is 0 Å². The van der Waals surface area contributed by atoms with Crippen molar-refractivity contribution in [1.29, 1.82) is 0 Å². The number of hydrogen-bond acceptors (Lipinski definition) is 4. The second-order valence-electron chi connectivity index (χ2n) is 4.58. The predicted molar refractivity (Wildman–Crippen MR) is 75.2 cm³/mol. The summed E-state index contributed by atoms with van der Waals surface area (Å²) in [6.07, 6.45) is 0. The Morgan fingerprint density at radius 3 is 2.37 bits per heavy atom. The van der Waals surface area contributed by atoms with Gasteiger partial charge in [0.1, 0.15) is 11.5 Å². The summed E-state index contributed by atoms with van der Waals surface area (Å²) in [5.74, 6) is 1.08. The summed E-state index contributed by atoms with van der Waals surface area (Å²) in [5, 5.41) is 2.86. The molecule has 0 aliphatic heterocycles. The molecule has 0 aliphatic carbocycles. The molecule has 0 fully saturated rings. The fourth-order valence-corrected chi connectivity index (χ4v) is 1.72. The van der Waals surface area contributed by atoms with E-state index in [4.69, 9.17) is 9.47 Å². The van der Waals surface area contributed by atoms with Crippen molar-refractivity contribution in [1.82, 2.24) is 10.2 Å². The van der Waals surface area contributed by atoms with Crippen LogP contribution in [0.2, 0.25) is 0 Å². The molecule has 0 saturated carbocycles. The van der Waals surface area contributed by atoms with Crippen molar-refractivity contribution in [2.45, 2.75) is 6.92 Å². The van der Waals surface area contributed by atoms with Gasteiger partial charge in [-0.15, -0.1) is 0 Å². The summed E-state index contributed by atoms with van der Waals surface area (Å²) in [6, 6.07) is 3.51. The number of amides is 1. The molecule has 0 heterocycles. The first-order valence-corrected chi connectivity index (χ1v) is 6.15. The summed E-state index contributed by atoms with van der Waals surface area (Å²) in [5.41, 5.74) is 1.42. The van der Waals surface area contributed by atoms with Crippen LogP contribution in [0.3, 0.4) is 0 Å². The highest BCUT2D eigenvalue weighted by molar-refractivity contribution is 5.97. The first-order valence-electron chi connectivity index (χ1n) is 6.15. The molecule has 0 aromatic heterocycles. The normalized spacial score (nSPS) is 10.4. The molecule has 0 spiro atoms. The van der Waals surface area contributed by atoms with Crippen molar-refractivity contribution in [3.8, 4) is 11.5 Å². The lowest BCUT2D eigenvalue weighted by Crippen LogP contribution is -2.31. The third-order valence-electron chi connectivity index (χ3n) is 2.81. The number of carbonyl (C=O) groups is 1. The second-order valence-corrected chi connectivity index (χ2v) is 4.58. The van der Waals surface area contributed by atoms with Crippen molar-refractivity contribution < 1.29 is 14.3 Å². The zero-order valence-electron chi connectivity index (χ0n) is 12.2. The molecule has 0 atom stereocenters. The summed E-state index contributed by atoms with van der Waals surface area (Å²) in [6.45, 7) is 3.29. The highest BCUT2D eigenvalue weighted by atomic mass is 16.5. The maximum Gasteiger partial charge on any atom is 0.255 e. The Morgan fingerprint density at radius 2 is 1.84 bits per heavy atom. The van der Waals surface area contributed by atoms with Gasteiger partial charge in [0.15, 0.2) is 0 Å². The number of carbonyl (C=O) groups excluding carboxylic acids is 1. The smallest absolute Gasteiger partial charge is 0.255 e. The van der Waals surface area contributed by atoms with Crippen LogP contribution in [0, 0.1) is 6.92 Å². The fraction of sp³-hybridized carbons (Fsp3) is 0.500. The quantitative estimate of drug-likeness (QED) is 0.843. The van der Waals surface area contributed by atoms with Crippen LogP contribution in [0.5, 0.6) is 11.5 Å². The van der Waals surface area contributed by atoms with Gasteiger partial charge in [0.2, 0.25) is 0 Å². The van der Waals surface area contributed by atoms with E-state index in [1.165, 1.54) is 0 Å². The van der Waals surface area contributed by atoms with E-state index in [9.17, 15) is 4.79 Å². The van der Waals surface area contributed by atoms with Gasteiger partial charge >= 0.3 is 0 Å². The molecule has 5 heteroatoms. The van der Waals surface area contributed by atoms with E-state index < -0.39 is 0 Å². The number of nitrogens with zero attached hydrogens (tertiary/aromatic N) is 1. The lowest BCUT2D eigenvalue weighted by molar-refractivity contribution is 0.0947. The Kier molecular flexibility index (Phi) is 5.63. The highest BCUT2D eigenvalue weighted by Crippen LogP contribution is 2.28. The van der Waals surface area contributed by atoms with Crippen molar-refractivity contribution in [2.75, 3.05) is 41.4 Å². The molecule has 0 aliphatic rings. The standard InChI is InChI=1S/C14H22N2O3/c1-10-8-13(19-5)11(9-12(10)18-4)14(17)15-6-7-16(2)3/h8-9H,6-7H2,1-5H3,(H,15,17). The second kappa shape index (κ2) is 6.99. The number of aryl methyl sites for hydroxylation is 1. The number of nitrogens with one attached hydrogen (secondary N) is 1. The predicted octanol–water partition coefficient (Wildman–Crippen LogP) is 1.30. The van der Waals surface area contributed by atoms with E-state index in [1.807, 2.05) is 25.9 Å². The number of methoxy groups -OCH3 is 2. The Morgan fingerprint density at radius 1 is 1.21 bits per heavy atom. The Labute approximate surface area is 114 Å². The van der Waals surface area contributed by atoms with E-state index >= 15 is 0 Å². The molecule has 1 aromatic rings. The summed E-state index contributed by atoms with van der Waals surface area (Å²) in [4.78, 5) is 14.1. The molecule has 1 aromatic carbocycles. The van der Waals surface area contributed by atoms with Crippen LogP contribution in [0.1, 0.15) is 15.9 Å². The van der Waals surface area contributed by atoms with Gasteiger partial charge in [-0.1, -0.05) is 0 Å². The molecule has 1 N–H and O–H groups in total. The first-order chi connectivity index (χ1) is 8.99. The molecular formula is C14H22N2O3. The number of rotatable bonds is 6. The van der Waals surface area contributed by atoms with Crippen LogP contribution in [0.15, 0.2) is 12.1 Å². The summed E-state index contributed by atoms with van der Waals surface area (Å²) >= 11 is 0. The molecule has 0 saturated heterocycles. The van der Waals surface area contributed by atoms with E-state index in [-0.39, 0.29) is 5.91 Å². The van der Waals surface area contributed by atoms with Crippen molar-refractivity contribution in [2.24, 2.45) is 0 Å². The van der Waals surface area contributed by atoms with Crippen LogP contribution < -0.4 is 14.8 Å². The van der Waals surface area contributed by atoms with Gasteiger partial charge < -0.3 is 19.7 Å². The van der Waals surface area contributed by atoms with E-state index in [2.05, 4.69) is 5.32 Å². The van der Waals surface area contributed by atoms with Gasteiger partial charge in [-0.25, -0.2) is 0 Å². The van der Waals surface area contributed by atoms with E-state index in [0.717, 1.165) is 12.1 Å². The van der Waals surface area contributed by atoms with Crippen molar-refractivity contribution in [3.05, 3.63) is 23.3 Å². The van der Waals surface area contributed by atoms with Gasteiger partial charge in [0.05, 0.1) is 19.8 Å². The van der Waals surface area contributed by atoms with E-state index in [0.29, 0.717) is 23.6 Å². The Bertz CT molecular complexity index is 445. The molecule has 1 amide bonds. The average molecular weight is 266 g/mol. The largest absolute Gasteiger partial charge is 0.496 e. The minimum Gasteiger partial charge on any atom is -0.496 e. The molecule has 19 heavy (non-hydrogen) atoms. The summed E-state index contributed by atoms with van der Waals surface area (Å²) < 4.78 is 10.5. The van der Waals surface area contributed by atoms with Crippen molar-refractivity contribution in [3.63, 3.8) is 0 Å². The van der Waals surface area contributed by atoms with Gasteiger partial charge in [-0.05, 0) is 38.7 Å². The minimum absolute atomic E-state index is 0.156. The topological polar surface area (TPSA) is 50.8 Å². The summed E-state index contributed by atoms with van der Waals surface area (Å²) in [7, 11) is 7.06. The first kappa shape index (κ1) is 15.3. The van der Waals surface area contributed by atoms with Crippen LogP contribution in [-0.2, 0) is 0 Å². The molecule has 106 valence electrons. The Balaban J connectivity index is 2.88. The van der Waals surface area contributed by atoms with E-state index in [1.54, 1.807) is 26.4 Å². The van der Waals surface area contributed by atoms with Gasteiger partial charge in [-0.2, -0.15) is 0 Å². The number of hydrogen-bond donors (Lipinski definition) is 1. The maximum absolute atomic E-state index is 12.1. The van der Waals surface area contributed by atoms with Crippen molar-refractivity contribution >= 4 is 5.91 Å². The van der Waals surface area contributed by atoms with Crippen LogP contribution in [-0.4, -0.2) is 52.2 Å². The van der Waals surface area contributed by atoms with Gasteiger partial charge in [-0.3, -0.25) is 4.79 Å². The third kappa shape index (κ3) is 4.13. The Hall–Kier alpha value is -1.75. The minimum atomic E-state index is -0.156. The monoisotopic (exact) mass is 266 g/mol. The molecular weight excluding hydrogens is 244 g/mol. The molecule has 5 nitrogen and oxygen atoms in total. The lowest BCUT2D eigenvalue weighted by atomic mass is 10.1. The maximum atomic E-state index is 12.1. The SMILES string of the molecule is COc1cc(C(=O)NCCN(C)C)c(OC)cc1C. The fourth-order valence-electron chi connectivity index (χ4n) is 1.72. The number of ether oxygens (including phenoxy) is 2. The van der Waals surface area contributed by atoms with Crippen LogP contribution >= 0.6 is 0 Å². The zero-order valence-corrected chi connectivity index (χ0v) is 12.2. The molecule has 1 rings (SSSR count). The van der Waals surface area contributed by atoms with Crippen LogP contribution in [0.4, 0.5) is 0 Å². The molecule has 0 radical (unpaired) electrons. The lowest BCUT2D eigenvalue weighted by Gasteiger charge is -2.14. The highest BCUT2D eigenvalue weighted by Gasteiger charge is 2.15.